The van der Waals surface area contributed by atoms with Crippen molar-refractivity contribution in [3.8, 4) is 0 Å². The first-order chi connectivity index (χ1) is 5.85. The first-order valence-electron chi connectivity index (χ1n) is 4.89. The quantitative estimate of drug-likeness (QED) is 0.641. The Morgan fingerprint density at radius 2 is 2.00 bits per heavy atom. The maximum absolute atomic E-state index is 4.00. The van der Waals surface area contributed by atoms with Gasteiger partial charge >= 0.3 is 0 Å². The van der Waals surface area contributed by atoms with Crippen molar-refractivity contribution in [2.75, 3.05) is 6.54 Å². The average molecular weight is 181 g/mol. The summed E-state index contributed by atoms with van der Waals surface area (Å²) in [5.41, 5.74) is 1.45. The van der Waals surface area contributed by atoms with Gasteiger partial charge in [-0.05, 0) is 17.8 Å². The van der Waals surface area contributed by atoms with Crippen LogP contribution in [0.2, 0.25) is 0 Å². The molecule has 0 fully saturated rings. The molecule has 1 N–H and O–H groups in total. The molecular formula is C12H23N. The zero-order chi connectivity index (χ0) is 10.5. The zero-order valence-electron chi connectivity index (χ0n) is 9.48. The lowest BCUT2D eigenvalue weighted by Crippen LogP contribution is -2.22. The molecule has 0 rings (SSSR count). The fourth-order valence-corrected chi connectivity index (χ4v) is 1.09. The normalized spacial score (nSPS) is 13.5. The lowest BCUT2D eigenvalue weighted by atomic mass is 9.91. The summed E-state index contributed by atoms with van der Waals surface area (Å²) in [5, 5.41) is 3.32. The molecule has 0 saturated carbocycles. The fourth-order valence-electron chi connectivity index (χ4n) is 1.09. The highest BCUT2D eigenvalue weighted by atomic mass is 14.9. The number of hydrogen-bond donors (Lipinski definition) is 1. The van der Waals surface area contributed by atoms with Crippen LogP contribution < -0.4 is 5.32 Å². The van der Waals surface area contributed by atoms with Gasteiger partial charge in [0.25, 0.3) is 0 Å². The highest BCUT2D eigenvalue weighted by molar-refractivity contribution is 4.96. The van der Waals surface area contributed by atoms with Crippen LogP contribution in [0.15, 0.2) is 24.9 Å². The Bertz CT molecular complexity index is 174. The number of rotatable bonds is 5. The standard InChI is InChI=1S/C12H23N/c1-7-10(2)9-13-11(3)8-12(4,5)6/h7,10,13H,1,3,8-9H2,2,4-6H3/t10-/m1/s1. The topological polar surface area (TPSA) is 12.0 Å². The van der Waals surface area contributed by atoms with Crippen LogP contribution in [0, 0.1) is 11.3 Å². The molecule has 0 saturated heterocycles. The molecular weight excluding hydrogens is 158 g/mol. The molecule has 0 bridgehead atoms. The summed E-state index contributed by atoms with van der Waals surface area (Å²) in [7, 11) is 0. The van der Waals surface area contributed by atoms with Crippen molar-refractivity contribution < 1.29 is 0 Å². The average Bonchev–Trinajstić information content (AvgIpc) is 1.97. The van der Waals surface area contributed by atoms with E-state index in [0.717, 1.165) is 18.7 Å². The summed E-state index contributed by atoms with van der Waals surface area (Å²) in [5.74, 6) is 0.511. The predicted octanol–water partition coefficient (Wildman–Crippen LogP) is 3.35. The minimum absolute atomic E-state index is 0.321. The molecule has 13 heavy (non-hydrogen) atoms. The lowest BCUT2D eigenvalue weighted by Gasteiger charge is -2.21. The van der Waals surface area contributed by atoms with Crippen LogP contribution in [0.1, 0.15) is 34.1 Å². The molecule has 0 radical (unpaired) electrons. The van der Waals surface area contributed by atoms with Crippen LogP contribution in [0.3, 0.4) is 0 Å². The van der Waals surface area contributed by atoms with E-state index in [1.165, 1.54) is 0 Å². The van der Waals surface area contributed by atoms with E-state index in [9.17, 15) is 0 Å². The first-order valence-corrected chi connectivity index (χ1v) is 4.89. The van der Waals surface area contributed by atoms with Crippen LogP contribution in [0.25, 0.3) is 0 Å². The fraction of sp³-hybridized carbons (Fsp3) is 0.667. The molecule has 0 aromatic carbocycles. The van der Waals surface area contributed by atoms with Gasteiger partial charge in [-0.2, -0.15) is 0 Å². The molecule has 0 aliphatic heterocycles. The van der Waals surface area contributed by atoms with Gasteiger partial charge < -0.3 is 5.32 Å². The van der Waals surface area contributed by atoms with Crippen LogP contribution in [0.5, 0.6) is 0 Å². The second-order valence-electron chi connectivity index (χ2n) is 4.93. The molecule has 1 heteroatoms. The van der Waals surface area contributed by atoms with E-state index >= 15 is 0 Å². The highest BCUT2D eigenvalue weighted by Gasteiger charge is 2.11. The first kappa shape index (κ1) is 12.3. The molecule has 1 nitrogen and oxygen atoms in total. The number of nitrogens with one attached hydrogen (secondary N) is 1. The third kappa shape index (κ3) is 7.63. The van der Waals surface area contributed by atoms with Gasteiger partial charge in [-0.3, -0.25) is 0 Å². The van der Waals surface area contributed by atoms with E-state index in [-0.39, 0.29) is 0 Å². The van der Waals surface area contributed by atoms with E-state index in [2.05, 4.69) is 46.2 Å². The number of hydrogen-bond acceptors (Lipinski definition) is 1. The van der Waals surface area contributed by atoms with Crippen LogP contribution in [0.4, 0.5) is 0 Å². The van der Waals surface area contributed by atoms with Gasteiger partial charge in [0, 0.05) is 12.2 Å². The van der Waals surface area contributed by atoms with Gasteiger partial charge in [-0.25, -0.2) is 0 Å². The molecule has 0 spiro atoms. The third-order valence-electron chi connectivity index (χ3n) is 1.82. The summed E-state index contributed by atoms with van der Waals surface area (Å²) in [4.78, 5) is 0. The minimum atomic E-state index is 0.321. The third-order valence-corrected chi connectivity index (χ3v) is 1.82. The van der Waals surface area contributed by atoms with Crippen molar-refractivity contribution in [2.45, 2.75) is 34.1 Å². The summed E-state index contributed by atoms with van der Waals surface area (Å²) < 4.78 is 0. The predicted molar refractivity (Wildman–Crippen MR) is 60.6 cm³/mol. The Labute approximate surface area is 82.9 Å². The Hall–Kier alpha value is -0.720. The van der Waals surface area contributed by atoms with Gasteiger partial charge in [-0.15, -0.1) is 6.58 Å². The molecule has 0 aromatic rings. The van der Waals surface area contributed by atoms with Crippen molar-refractivity contribution >= 4 is 0 Å². The van der Waals surface area contributed by atoms with Crippen LogP contribution in [-0.4, -0.2) is 6.54 Å². The largest absolute Gasteiger partial charge is 0.388 e. The van der Waals surface area contributed by atoms with Gasteiger partial charge in [0.05, 0.1) is 0 Å². The Morgan fingerprint density at radius 3 is 2.38 bits per heavy atom. The van der Waals surface area contributed by atoms with E-state index in [0.29, 0.717) is 11.3 Å². The monoisotopic (exact) mass is 181 g/mol. The second-order valence-corrected chi connectivity index (χ2v) is 4.93. The molecule has 0 aromatic heterocycles. The molecule has 0 aliphatic rings. The van der Waals surface area contributed by atoms with Gasteiger partial charge in [0.2, 0.25) is 0 Å². The highest BCUT2D eigenvalue weighted by Crippen LogP contribution is 2.21. The van der Waals surface area contributed by atoms with Crippen LogP contribution >= 0.6 is 0 Å². The minimum Gasteiger partial charge on any atom is -0.388 e. The number of allylic oxidation sites excluding steroid dienone is 1. The zero-order valence-corrected chi connectivity index (χ0v) is 9.48. The Morgan fingerprint density at radius 1 is 1.46 bits per heavy atom. The summed E-state index contributed by atoms with van der Waals surface area (Å²) >= 11 is 0. The molecule has 0 aliphatic carbocycles. The smallest absolute Gasteiger partial charge is 0.0203 e. The Kier molecular flexibility index (Phi) is 4.82. The molecule has 76 valence electrons. The van der Waals surface area contributed by atoms with E-state index in [1.807, 2.05) is 6.08 Å². The SMILES string of the molecule is C=C[C@@H](C)CNC(=C)CC(C)(C)C. The van der Waals surface area contributed by atoms with Crippen molar-refractivity contribution in [3.05, 3.63) is 24.9 Å². The molecule has 1 atom stereocenters. The summed E-state index contributed by atoms with van der Waals surface area (Å²) in [6.07, 6.45) is 2.98. The van der Waals surface area contributed by atoms with Gasteiger partial charge in [0.15, 0.2) is 0 Å². The Balaban J connectivity index is 3.70. The van der Waals surface area contributed by atoms with Crippen molar-refractivity contribution in [2.24, 2.45) is 11.3 Å². The van der Waals surface area contributed by atoms with Gasteiger partial charge in [0.1, 0.15) is 0 Å². The second kappa shape index (κ2) is 5.11. The van der Waals surface area contributed by atoms with Crippen LogP contribution in [-0.2, 0) is 0 Å². The lowest BCUT2D eigenvalue weighted by molar-refractivity contribution is 0.396. The van der Waals surface area contributed by atoms with Crippen molar-refractivity contribution in [1.82, 2.24) is 5.32 Å². The van der Waals surface area contributed by atoms with E-state index in [4.69, 9.17) is 0 Å². The molecule has 0 heterocycles. The van der Waals surface area contributed by atoms with Crippen molar-refractivity contribution in [3.63, 3.8) is 0 Å². The molecule has 0 unspecified atom stereocenters. The summed E-state index contributed by atoms with van der Waals surface area (Å²) in [6.45, 7) is 17.5. The van der Waals surface area contributed by atoms with E-state index in [1.54, 1.807) is 0 Å². The maximum atomic E-state index is 4.00. The van der Waals surface area contributed by atoms with Gasteiger partial charge in [-0.1, -0.05) is 40.3 Å². The van der Waals surface area contributed by atoms with Crippen molar-refractivity contribution in [1.29, 1.82) is 0 Å². The maximum Gasteiger partial charge on any atom is 0.0203 e. The molecule has 0 amide bonds. The summed E-state index contributed by atoms with van der Waals surface area (Å²) in [6, 6.07) is 0. The van der Waals surface area contributed by atoms with E-state index < -0.39 is 0 Å².